The summed E-state index contributed by atoms with van der Waals surface area (Å²) >= 11 is 0. The number of esters is 1. The van der Waals surface area contributed by atoms with Gasteiger partial charge < -0.3 is 10.1 Å². The molecule has 2 aromatic rings. The standard InChI is InChI=1S/C19H21NO3/c1-23-19(22)17(12-20-18(21)14-8-4-9-14)16-11-5-7-13-6-2-3-10-15(13)16/h2-3,5-7,10-11,14,17H,4,8-9,12H2,1H3,(H,20,21). The number of carbonyl (C=O) groups is 2. The van der Waals surface area contributed by atoms with Crippen molar-refractivity contribution in [1.29, 1.82) is 0 Å². The molecule has 1 aliphatic carbocycles. The Hall–Kier alpha value is -2.36. The molecule has 0 saturated heterocycles. The fourth-order valence-electron chi connectivity index (χ4n) is 3.03. The van der Waals surface area contributed by atoms with E-state index in [-0.39, 0.29) is 24.3 Å². The Morgan fingerprint density at radius 3 is 2.61 bits per heavy atom. The second kappa shape index (κ2) is 6.82. The van der Waals surface area contributed by atoms with Crippen molar-refractivity contribution in [2.45, 2.75) is 25.2 Å². The normalized spacial score (nSPS) is 15.7. The molecular formula is C19H21NO3. The summed E-state index contributed by atoms with van der Waals surface area (Å²) in [6, 6.07) is 13.8. The molecule has 0 aromatic heterocycles. The Morgan fingerprint density at radius 1 is 1.17 bits per heavy atom. The molecule has 0 aliphatic heterocycles. The van der Waals surface area contributed by atoms with Gasteiger partial charge in [-0.2, -0.15) is 0 Å². The van der Waals surface area contributed by atoms with E-state index in [1.54, 1.807) is 0 Å². The highest BCUT2D eigenvalue weighted by Crippen LogP contribution is 2.28. The molecule has 1 saturated carbocycles. The van der Waals surface area contributed by atoms with Gasteiger partial charge in [0.2, 0.25) is 5.91 Å². The van der Waals surface area contributed by atoms with Crippen LogP contribution in [0.15, 0.2) is 42.5 Å². The van der Waals surface area contributed by atoms with Gasteiger partial charge in [0.15, 0.2) is 0 Å². The Morgan fingerprint density at radius 2 is 1.91 bits per heavy atom. The summed E-state index contributed by atoms with van der Waals surface area (Å²) in [4.78, 5) is 24.3. The van der Waals surface area contributed by atoms with Crippen molar-refractivity contribution in [3.8, 4) is 0 Å². The number of benzene rings is 2. The van der Waals surface area contributed by atoms with Crippen LogP contribution in [0.25, 0.3) is 10.8 Å². The first-order valence-electron chi connectivity index (χ1n) is 8.04. The van der Waals surface area contributed by atoms with E-state index in [9.17, 15) is 9.59 Å². The van der Waals surface area contributed by atoms with Crippen molar-refractivity contribution in [1.82, 2.24) is 5.32 Å². The van der Waals surface area contributed by atoms with Gasteiger partial charge in [0.25, 0.3) is 0 Å². The highest BCUT2D eigenvalue weighted by Gasteiger charge is 2.28. The molecule has 0 heterocycles. The Labute approximate surface area is 135 Å². The third kappa shape index (κ3) is 3.21. The number of methoxy groups -OCH3 is 1. The van der Waals surface area contributed by atoms with Crippen molar-refractivity contribution in [3.05, 3.63) is 48.0 Å². The highest BCUT2D eigenvalue weighted by atomic mass is 16.5. The number of carbonyl (C=O) groups excluding carboxylic acids is 2. The van der Waals surface area contributed by atoms with Gasteiger partial charge >= 0.3 is 5.97 Å². The maximum Gasteiger partial charge on any atom is 0.314 e. The van der Waals surface area contributed by atoms with Crippen LogP contribution in [-0.2, 0) is 14.3 Å². The zero-order chi connectivity index (χ0) is 16.2. The van der Waals surface area contributed by atoms with Crippen LogP contribution in [0.5, 0.6) is 0 Å². The molecule has 4 nitrogen and oxygen atoms in total. The molecule has 1 aliphatic rings. The van der Waals surface area contributed by atoms with Gasteiger partial charge in [0, 0.05) is 12.5 Å². The minimum Gasteiger partial charge on any atom is -0.468 e. The molecule has 0 bridgehead atoms. The number of nitrogens with one attached hydrogen (secondary N) is 1. The van der Waals surface area contributed by atoms with E-state index in [0.717, 1.165) is 35.6 Å². The molecule has 4 heteroatoms. The van der Waals surface area contributed by atoms with Gasteiger partial charge in [-0.1, -0.05) is 48.9 Å². The van der Waals surface area contributed by atoms with Crippen LogP contribution in [0.3, 0.4) is 0 Å². The Bertz CT molecular complexity index is 716. The molecule has 23 heavy (non-hydrogen) atoms. The lowest BCUT2D eigenvalue weighted by Crippen LogP contribution is -2.38. The van der Waals surface area contributed by atoms with Gasteiger partial charge in [-0.25, -0.2) is 0 Å². The Kier molecular flexibility index (Phi) is 4.60. The molecule has 1 fully saturated rings. The topological polar surface area (TPSA) is 55.4 Å². The Balaban J connectivity index is 1.85. The lowest BCUT2D eigenvalue weighted by Gasteiger charge is -2.25. The number of fused-ring (bicyclic) bond motifs is 1. The summed E-state index contributed by atoms with van der Waals surface area (Å²) < 4.78 is 4.96. The molecule has 1 amide bonds. The summed E-state index contributed by atoms with van der Waals surface area (Å²) in [6.45, 7) is 0.274. The maximum atomic E-state index is 12.2. The summed E-state index contributed by atoms with van der Waals surface area (Å²) in [6.07, 6.45) is 3.01. The predicted octanol–water partition coefficient (Wildman–Crippen LogP) is 3.01. The first kappa shape index (κ1) is 15.5. The number of hydrogen-bond donors (Lipinski definition) is 1. The summed E-state index contributed by atoms with van der Waals surface area (Å²) in [7, 11) is 1.38. The first-order valence-corrected chi connectivity index (χ1v) is 8.04. The predicted molar refractivity (Wildman–Crippen MR) is 89.1 cm³/mol. The molecule has 1 N–H and O–H groups in total. The van der Waals surface area contributed by atoms with E-state index in [1.807, 2.05) is 42.5 Å². The molecule has 3 rings (SSSR count). The zero-order valence-electron chi connectivity index (χ0n) is 13.2. The second-order valence-electron chi connectivity index (χ2n) is 6.02. The maximum absolute atomic E-state index is 12.2. The highest BCUT2D eigenvalue weighted by molar-refractivity contribution is 5.91. The minimum absolute atomic E-state index is 0.0467. The monoisotopic (exact) mass is 311 g/mol. The molecular weight excluding hydrogens is 290 g/mol. The SMILES string of the molecule is COC(=O)C(CNC(=O)C1CCC1)c1cccc2ccccc12. The summed E-state index contributed by atoms with van der Waals surface area (Å²) in [5, 5.41) is 5.01. The lowest BCUT2D eigenvalue weighted by molar-refractivity contribution is -0.142. The fourth-order valence-corrected chi connectivity index (χ4v) is 3.03. The third-order valence-corrected chi connectivity index (χ3v) is 4.64. The van der Waals surface area contributed by atoms with Crippen LogP contribution in [0.4, 0.5) is 0 Å². The van der Waals surface area contributed by atoms with Crippen LogP contribution < -0.4 is 5.32 Å². The van der Waals surface area contributed by atoms with Gasteiger partial charge in [-0.15, -0.1) is 0 Å². The van der Waals surface area contributed by atoms with Crippen LogP contribution in [0.2, 0.25) is 0 Å². The summed E-state index contributed by atoms with van der Waals surface area (Å²) in [5.41, 5.74) is 0.892. The van der Waals surface area contributed by atoms with Crippen molar-refractivity contribution in [3.63, 3.8) is 0 Å². The molecule has 1 unspecified atom stereocenters. The van der Waals surface area contributed by atoms with Gasteiger partial charge in [-0.05, 0) is 29.2 Å². The van der Waals surface area contributed by atoms with Crippen molar-refractivity contribution in [2.75, 3.05) is 13.7 Å². The number of amides is 1. The van der Waals surface area contributed by atoms with Crippen LogP contribution in [0.1, 0.15) is 30.7 Å². The third-order valence-electron chi connectivity index (χ3n) is 4.64. The van der Waals surface area contributed by atoms with E-state index in [0.29, 0.717) is 0 Å². The molecule has 0 radical (unpaired) electrons. The van der Waals surface area contributed by atoms with Crippen molar-refractivity contribution < 1.29 is 14.3 Å². The summed E-state index contributed by atoms with van der Waals surface area (Å²) in [5.74, 6) is -0.656. The zero-order valence-corrected chi connectivity index (χ0v) is 13.2. The number of ether oxygens (including phenoxy) is 1. The smallest absolute Gasteiger partial charge is 0.314 e. The quantitative estimate of drug-likeness (QED) is 0.864. The van der Waals surface area contributed by atoms with Gasteiger partial charge in [-0.3, -0.25) is 9.59 Å². The molecule has 0 spiro atoms. The average Bonchev–Trinajstić information content (AvgIpc) is 2.53. The molecule has 1 atom stereocenters. The molecule has 120 valence electrons. The average molecular weight is 311 g/mol. The second-order valence-corrected chi connectivity index (χ2v) is 6.02. The fraction of sp³-hybridized carbons (Fsp3) is 0.368. The van der Waals surface area contributed by atoms with Crippen molar-refractivity contribution >= 4 is 22.6 Å². The van der Waals surface area contributed by atoms with Crippen LogP contribution >= 0.6 is 0 Å². The largest absolute Gasteiger partial charge is 0.468 e. The van der Waals surface area contributed by atoms with E-state index in [1.165, 1.54) is 7.11 Å². The van der Waals surface area contributed by atoms with Gasteiger partial charge in [0.1, 0.15) is 0 Å². The van der Waals surface area contributed by atoms with E-state index in [4.69, 9.17) is 4.74 Å². The van der Waals surface area contributed by atoms with E-state index < -0.39 is 5.92 Å². The first-order chi connectivity index (χ1) is 11.2. The van der Waals surface area contributed by atoms with E-state index in [2.05, 4.69) is 5.32 Å². The van der Waals surface area contributed by atoms with E-state index >= 15 is 0 Å². The van der Waals surface area contributed by atoms with Gasteiger partial charge in [0.05, 0.1) is 13.0 Å². The number of rotatable bonds is 5. The van der Waals surface area contributed by atoms with Crippen LogP contribution in [0, 0.1) is 5.92 Å². The lowest BCUT2D eigenvalue weighted by atomic mass is 9.84. The number of hydrogen-bond acceptors (Lipinski definition) is 3. The van der Waals surface area contributed by atoms with Crippen molar-refractivity contribution in [2.24, 2.45) is 5.92 Å². The van der Waals surface area contributed by atoms with Crippen LogP contribution in [-0.4, -0.2) is 25.5 Å². The molecule has 2 aromatic carbocycles. The minimum atomic E-state index is -0.491.